The fourth-order valence-electron chi connectivity index (χ4n) is 3.70. The van der Waals surface area contributed by atoms with E-state index in [1.54, 1.807) is 0 Å². The van der Waals surface area contributed by atoms with Crippen molar-refractivity contribution < 1.29 is 19.2 Å². The van der Waals surface area contributed by atoms with E-state index in [2.05, 4.69) is 17.4 Å². The Morgan fingerprint density at radius 2 is 1.75 bits per heavy atom. The second kappa shape index (κ2) is 6.51. The first-order chi connectivity index (χ1) is 11.7. The maximum absolute atomic E-state index is 12.4. The lowest BCUT2D eigenvalue weighted by atomic mass is 10.0. The van der Waals surface area contributed by atoms with E-state index < -0.39 is 0 Å². The molecule has 5 heteroatoms. The van der Waals surface area contributed by atoms with Gasteiger partial charge in [-0.2, -0.15) is 0 Å². The summed E-state index contributed by atoms with van der Waals surface area (Å²) in [5.74, 6) is -0.305. The molecule has 2 aliphatic heterocycles. The zero-order valence-corrected chi connectivity index (χ0v) is 13.7. The lowest BCUT2D eigenvalue weighted by Crippen LogP contribution is -3.14. The number of rotatable bonds is 3. The minimum Gasteiger partial charge on any atom is -0.347 e. The summed E-state index contributed by atoms with van der Waals surface area (Å²) in [6, 6.07) is 14.1. The van der Waals surface area contributed by atoms with Crippen LogP contribution in [-0.2, 0) is 14.3 Å². The first kappa shape index (κ1) is 15.6. The summed E-state index contributed by atoms with van der Waals surface area (Å²) >= 11 is 0. The molecule has 2 N–H and O–H groups in total. The largest absolute Gasteiger partial charge is 0.347 e. The number of benzene rings is 2. The molecule has 2 saturated heterocycles. The van der Waals surface area contributed by atoms with E-state index in [9.17, 15) is 4.79 Å². The third-order valence-electron chi connectivity index (χ3n) is 5.01. The third-order valence-corrected chi connectivity index (χ3v) is 5.01. The summed E-state index contributed by atoms with van der Waals surface area (Å²) in [4.78, 5) is 13.7. The monoisotopic (exact) mass is 327 g/mol. The fraction of sp³-hybridized carbons (Fsp3) is 0.421. The van der Waals surface area contributed by atoms with E-state index in [1.807, 2.05) is 30.3 Å². The standard InChI is InChI=1S/C19H22N2O3/c22-18(14-21-10-8-19(9-11-21)23-12-13-24-19)20-17-7-3-5-15-4-1-2-6-16(15)17/h1-7H,8-14H2,(H,20,22)/p+1. The van der Waals surface area contributed by atoms with Crippen LogP contribution in [0, 0.1) is 0 Å². The van der Waals surface area contributed by atoms with E-state index in [0.717, 1.165) is 42.4 Å². The van der Waals surface area contributed by atoms with Crippen molar-refractivity contribution in [1.29, 1.82) is 0 Å². The van der Waals surface area contributed by atoms with Gasteiger partial charge in [0, 0.05) is 11.1 Å². The molecule has 2 aliphatic rings. The summed E-state index contributed by atoms with van der Waals surface area (Å²) in [7, 11) is 0. The molecule has 0 atom stereocenters. The summed E-state index contributed by atoms with van der Waals surface area (Å²) < 4.78 is 11.5. The average molecular weight is 327 g/mol. The molecule has 0 aromatic heterocycles. The van der Waals surface area contributed by atoms with Gasteiger partial charge in [-0.3, -0.25) is 4.79 Å². The molecule has 5 nitrogen and oxygen atoms in total. The van der Waals surface area contributed by atoms with Crippen LogP contribution in [0.1, 0.15) is 12.8 Å². The van der Waals surface area contributed by atoms with Crippen molar-refractivity contribution in [1.82, 2.24) is 0 Å². The molecule has 2 aromatic rings. The highest BCUT2D eigenvalue weighted by atomic mass is 16.7. The Kier molecular flexibility index (Phi) is 4.22. The number of hydrogen-bond donors (Lipinski definition) is 2. The number of anilines is 1. The van der Waals surface area contributed by atoms with Crippen molar-refractivity contribution in [3.63, 3.8) is 0 Å². The summed E-state index contributed by atoms with van der Waals surface area (Å²) in [5.41, 5.74) is 0.883. The van der Waals surface area contributed by atoms with Crippen LogP contribution in [0.3, 0.4) is 0 Å². The predicted octanol–water partition coefficient (Wildman–Crippen LogP) is 1.20. The zero-order valence-electron chi connectivity index (χ0n) is 13.7. The number of fused-ring (bicyclic) bond motifs is 1. The smallest absolute Gasteiger partial charge is 0.279 e. The molecule has 1 amide bonds. The summed E-state index contributed by atoms with van der Waals surface area (Å²) in [5, 5.41) is 5.29. The van der Waals surface area contributed by atoms with E-state index in [0.29, 0.717) is 19.8 Å². The van der Waals surface area contributed by atoms with Gasteiger partial charge in [0.1, 0.15) is 0 Å². The van der Waals surface area contributed by atoms with E-state index in [1.165, 1.54) is 4.90 Å². The number of ether oxygens (including phenoxy) is 2. The summed E-state index contributed by atoms with van der Waals surface area (Å²) in [6.45, 7) is 3.68. The van der Waals surface area contributed by atoms with Crippen molar-refractivity contribution in [2.24, 2.45) is 0 Å². The lowest BCUT2D eigenvalue weighted by molar-refractivity contribution is -0.900. The highest BCUT2D eigenvalue weighted by Crippen LogP contribution is 2.27. The Labute approximate surface area is 141 Å². The first-order valence-corrected chi connectivity index (χ1v) is 8.63. The number of quaternary nitrogens is 1. The van der Waals surface area contributed by atoms with Crippen LogP contribution in [0.25, 0.3) is 10.8 Å². The van der Waals surface area contributed by atoms with Crippen molar-refractivity contribution in [3.05, 3.63) is 42.5 Å². The number of carbonyl (C=O) groups excluding carboxylic acids is 1. The third kappa shape index (κ3) is 3.15. The van der Waals surface area contributed by atoms with Crippen LogP contribution in [0.15, 0.2) is 42.5 Å². The van der Waals surface area contributed by atoms with Gasteiger partial charge in [-0.1, -0.05) is 36.4 Å². The SMILES string of the molecule is O=C(C[NH+]1CCC2(CC1)OCCO2)Nc1cccc2ccccc12. The average Bonchev–Trinajstić information content (AvgIpc) is 3.06. The molecular weight excluding hydrogens is 304 g/mol. The number of nitrogens with one attached hydrogen (secondary N) is 2. The molecule has 0 aliphatic carbocycles. The molecule has 0 radical (unpaired) electrons. The molecule has 24 heavy (non-hydrogen) atoms. The van der Waals surface area contributed by atoms with Gasteiger partial charge in [-0.15, -0.1) is 0 Å². The van der Waals surface area contributed by atoms with E-state index in [4.69, 9.17) is 9.47 Å². The molecule has 0 saturated carbocycles. The Bertz CT molecular complexity index is 725. The molecule has 0 unspecified atom stereocenters. The van der Waals surface area contributed by atoms with Crippen LogP contribution >= 0.6 is 0 Å². The first-order valence-electron chi connectivity index (χ1n) is 8.63. The highest BCUT2D eigenvalue weighted by Gasteiger charge is 2.42. The van der Waals surface area contributed by atoms with E-state index >= 15 is 0 Å². The second-order valence-electron chi connectivity index (χ2n) is 6.61. The fourth-order valence-corrected chi connectivity index (χ4v) is 3.70. The zero-order chi connectivity index (χ0) is 16.4. The normalized spacial score (nSPS) is 20.5. The van der Waals surface area contributed by atoms with Gasteiger partial charge in [0.2, 0.25) is 0 Å². The van der Waals surface area contributed by atoms with Crippen LogP contribution < -0.4 is 10.2 Å². The Balaban J connectivity index is 1.37. The van der Waals surface area contributed by atoms with Gasteiger partial charge < -0.3 is 19.7 Å². The van der Waals surface area contributed by atoms with Crippen LogP contribution in [0.5, 0.6) is 0 Å². The minimum atomic E-state index is -0.365. The number of amides is 1. The molecule has 0 bridgehead atoms. The number of piperidine rings is 1. The topological polar surface area (TPSA) is 52.0 Å². The van der Waals surface area contributed by atoms with Gasteiger partial charge in [0.05, 0.1) is 39.1 Å². The lowest BCUT2D eigenvalue weighted by Gasteiger charge is -2.34. The Morgan fingerprint density at radius 3 is 2.54 bits per heavy atom. The van der Waals surface area contributed by atoms with Gasteiger partial charge in [0.15, 0.2) is 12.3 Å². The van der Waals surface area contributed by atoms with Crippen LogP contribution in [0.2, 0.25) is 0 Å². The Morgan fingerprint density at radius 1 is 1.04 bits per heavy atom. The van der Waals surface area contributed by atoms with Crippen LogP contribution in [0.4, 0.5) is 5.69 Å². The molecule has 2 heterocycles. The number of likely N-dealkylation sites (tertiary alicyclic amines) is 1. The molecule has 4 rings (SSSR count). The predicted molar refractivity (Wildman–Crippen MR) is 92.0 cm³/mol. The molecule has 1 spiro atoms. The van der Waals surface area contributed by atoms with Crippen molar-refractivity contribution >= 4 is 22.4 Å². The second-order valence-corrected chi connectivity index (χ2v) is 6.61. The maximum atomic E-state index is 12.4. The van der Waals surface area contributed by atoms with Crippen molar-refractivity contribution in [2.45, 2.75) is 18.6 Å². The van der Waals surface area contributed by atoms with E-state index in [-0.39, 0.29) is 11.7 Å². The molecular formula is C19H23N2O3+. The van der Waals surface area contributed by atoms with Gasteiger partial charge in [-0.25, -0.2) is 0 Å². The minimum absolute atomic E-state index is 0.0607. The van der Waals surface area contributed by atoms with Crippen molar-refractivity contribution in [2.75, 3.05) is 38.2 Å². The molecule has 2 fully saturated rings. The van der Waals surface area contributed by atoms with Gasteiger partial charge in [0.25, 0.3) is 5.91 Å². The van der Waals surface area contributed by atoms with Gasteiger partial charge in [-0.05, 0) is 11.5 Å². The number of hydrogen-bond acceptors (Lipinski definition) is 3. The molecule has 126 valence electrons. The molecule has 2 aromatic carbocycles. The Hall–Kier alpha value is -1.95. The summed E-state index contributed by atoms with van der Waals surface area (Å²) in [6.07, 6.45) is 1.73. The highest BCUT2D eigenvalue weighted by molar-refractivity contribution is 6.02. The van der Waals surface area contributed by atoms with Gasteiger partial charge >= 0.3 is 0 Å². The quantitative estimate of drug-likeness (QED) is 0.891. The maximum Gasteiger partial charge on any atom is 0.279 e. The van der Waals surface area contributed by atoms with Crippen LogP contribution in [-0.4, -0.2) is 44.5 Å². The van der Waals surface area contributed by atoms with Crippen molar-refractivity contribution in [3.8, 4) is 0 Å². The number of carbonyl (C=O) groups is 1.